The molecule has 0 amide bonds. The molecule has 142 valence electrons. The van der Waals surface area contributed by atoms with Crippen molar-refractivity contribution >= 4 is 5.97 Å². The highest BCUT2D eigenvalue weighted by Crippen LogP contribution is 2.54. The van der Waals surface area contributed by atoms with Crippen LogP contribution in [0.25, 0.3) is 0 Å². The van der Waals surface area contributed by atoms with Crippen molar-refractivity contribution in [3.05, 3.63) is 64.7 Å². The molecule has 0 radical (unpaired) electrons. The van der Waals surface area contributed by atoms with E-state index in [-0.39, 0.29) is 29.3 Å². The summed E-state index contributed by atoms with van der Waals surface area (Å²) < 4.78 is 12.8. The summed E-state index contributed by atoms with van der Waals surface area (Å²) in [6.45, 7) is 8.47. The van der Waals surface area contributed by atoms with Crippen molar-refractivity contribution in [1.29, 1.82) is 0 Å². The van der Waals surface area contributed by atoms with E-state index in [1.54, 1.807) is 18.2 Å². The van der Waals surface area contributed by atoms with Crippen LogP contribution in [0.5, 0.6) is 5.75 Å². The fraction of sp³-hybridized carbons (Fsp3) is 0.435. The van der Waals surface area contributed by atoms with E-state index in [0.717, 1.165) is 17.7 Å². The highest BCUT2D eigenvalue weighted by Gasteiger charge is 2.50. The fourth-order valence-corrected chi connectivity index (χ4v) is 4.69. The second-order valence-electron chi connectivity index (χ2n) is 8.33. The molecule has 0 aliphatic carbocycles. The molecular formula is C23H26O4. The molecule has 2 heterocycles. The lowest BCUT2D eigenvalue weighted by molar-refractivity contribution is -0.153. The highest BCUT2D eigenvalue weighted by molar-refractivity contribution is 5.88. The lowest BCUT2D eigenvalue weighted by Gasteiger charge is -2.51. The molecule has 0 bridgehead atoms. The number of carboxylic acid groups (broad SMARTS) is 1. The Balaban J connectivity index is 1.75. The van der Waals surface area contributed by atoms with Crippen LogP contribution in [-0.2, 0) is 4.74 Å². The number of benzene rings is 2. The summed E-state index contributed by atoms with van der Waals surface area (Å²) in [5.74, 6) is 0.239. The van der Waals surface area contributed by atoms with E-state index in [2.05, 4.69) is 52.0 Å². The average molecular weight is 366 g/mol. The number of aryl methyl sites for hydroxylation is 1. The molecule has 2 aromatic carbocycles. The second-order valence-corrected chi connectivity index (χ2v) is 8.33. The lowest BCUT2D eigenvalue weighted by Crippen LogP contribution is -2.50. The first-order valence-corrected chi connectivity index (χ1v) is 9.55. The zero-order valence-corrected chi connectivity index (χ0v) is 16.2. The normalized spacial score (nSPS) is 28.6. The molecule has 2 aliphatic rings. The SMILES string of the molecule is Cc1ccccc1[C@H]1C[C@H]2[C@H](O[C@H]1C)c1cc(C(=O)O)ccc1OC2(C)C. The molecule has 0 unspecified atom stereocenters. The Morgan fingerprint density at radius 1 is 1.15 bits per heavy atom. The molecule has 0 aromatic heterocycles. The van der Waals surface area contributed by atoms with E-state index in [4.69, 9.17) is 9.47 Å². The quantitative estimate of drug-likeness (QED) is 0.802. The van der Waals surface area contributed by atoms with Gasteiger partial charge < -0.3 is 14.6 Å². The number of carboxylic acids is 1. The minimum Gasteiger partial charge on any atom is -0.487 e. The predicted octanol–water partition coefficient (Wildman–Crippen LogP) is 5.11. The summed E-state index contributed by atoms with van der Waals surface area (Å²) in [7, 11) is 0. The summed E-state index contributed by atoms with van der Waals surface area (Å²) in [6, 6.07) is 13.5. The first-order valence-electron chi connectivity index (χ1n) is 9.55. The average Bonchev–Trinajstić information content (AvgIpc) is 2.61. The molecule has 4 rings (SSSR count). The number of rotatable bonds is 2. The maximum atomic E-state index is 11.4. The number of carbonyl (C=O) groups is 1. The molecule has 0 saturated carbocycles. The van der Waals surface area contributed by atoms with Crippen molar-refractivity contribution in [2.24, 2.45) is 5.92 Å². The summed E-state index contributed by atoms with van der Waals surface area (Å²) >= 11 is 0. The van der Waals surface area contributed by atoms with Crippen molar-refractivity contribution < 1.29 is 19.4 Å². The molecule has 4 atom stereocenters. The van der Waals surface area contributed by atoms with Gasteiger partial charge in [0.05, 0.1) is 17.8 Å². The molecule has 1 fully saturated rings. The minimum atomic E-state index is -0.930. The summed E-state index contributed by atoms with van der Waals surface area (Å²) in [5, 5.41) is 9.38. The zero-order valence-electron chi connectivity index (χ0n) is 16.2. The molecule has 2 aliphatic heterocycles. The van der Waals surface area contributed by atoms with Gasteiger partial charge in [-0.3, -0.25) is 0 Å². The van der Waals surface area contributed by atoms with Gasteiger partial charge in [-0.15, -0.1) is 0 Å². The van der Waals surface area contributed by atoms with E-state index >= 15 is 0 Å². The number of aromatic carboxylic acids is 1. The Hall–Kier alpha value is -2.33. The van der Waals surface area contributed by atoms with Gasteiger partial charge >= 0.3 is 5.97 Å². The van der Waals surface area contributed by atoms with E-state index in [1.165, 1.54) is 11.1 Å². The minimum absolute atomic E-state index is 0.0441. The van der Waals surface area contributed by atoms with Gasteiger partial charge in [-0.1, -0.05) is 24.3 Å². The van der Waals surface area contributed by atoms with Crippen molar-refractivity contribution in [3.63, 3.8) is 0 Å². The number of ether oxygens (including phenoxy) is 2. The number of hydrogen-bond donors (Lipinski definition) is 1. The molecular weight excluding hydrogens is 340 g/mol. The van der Waals surface area contributed by atoms with Crippen molar-refractivity contribution in [2.75, 3.05) is 0 Å². The Morgan fingerprint density at radius 2 is 1.89 bits per heavy atom. The first kappa shape index (κ1) is 18.1. The van der Waals surface area contributed by atoms with E-state index in [9.17, 15) is 9.90 Å². The summed E-state index contributed by atoms with van der Waals surface area (Å²) in [5.41, 5.74) is 3.34. The van der Waals surface area contributed by atoms with E-state index < -0.39 is 5.97 Å². The predicted molar refractivity (Wildman–Crippen MR) is 103 cm³/mol. The van der Waals surface area contributed by atoms with Gasteiger partial charge in [-0.2, -0.15) is 0 Å². The van der Waals surface area contributed by atoms with Crippen molar-refractivity contribution in [1.82, 2.24) is 0 Å². The molecule has 1 saturated heterocycles. The molecule has 4 heteroatoms. The topological polar surface area (TPSA) is 55.8 Å². The molecule has 0 spiro atoms. The van der Waals surface area contributed by atoms with Gasteiger partial charge in [0, 0.05) is 17.4 Å². The van der Waals surface area contributed by atoms with Gasteiger partial charge in [0.25, 0.3) is 0 Å². The monoisotopic (exact) mass is 366 g/mol. The third kappa shape index (κ3) is 3.02. The Kier molecular flexibility index (Phi) is 4.26. The largest absolute Gasteiger partial charge is 0.487 e. The lowest BCUT2D eigenvalue weighted by atomic mass is 9.70. The summed E-state index contributed by atoms with van der Waals surface area (Å²) in [4.78, 5) is 11.4. The fourth-order valence-electron chi connectivity index (χ4n) is 4.69. The van der Waals surface area contributed by atoms with Crippen LogP contribution in [-0.4, -0.2) is 22.8 Å². The second kappa shape index (κ2) is 6.38. The van der Waals surface area contributed by atoms with Crippen LogP contribution >= 0.6 is 0 Å². The third-order valence-corrected chi connectivity index (χ3v) is 6.22. The van der Waals surface area contributed by atoms with Crippen LogP contribution in [0.3, 0.4) is 0 Å². The van der Waals surface area contributed by atoms with E-state index in [1.807, 2.05) is 0 Å². The number of fused-ring (bicyclic) bond motifs is 3. The van der Waals surface area contributed by atoms with Crippen LogP contribution in [0.15, 0.2) is 42.5 Å². The van der Waals surface area contributed by atoms with Crippen LogP contribution in [0, 0.1) is 12.8 Å². The number of hydrogen-bond acceptors (Lipinski definition) is 3. The van der Waals surface area contributed by atoms with E-state index in [0.29, 0.717) is 5.92 Å². The molecule has 1 N–H and O–H groups in total. The van der Waals surface area contributed by atoms with Crippen LogP contribution in [0.1, 0.15) is 66.3 Å². The maximum Gasteiger partial charge on any atom is 0.335 e. The Morgan fingerprint density at radius 3 is 2.59 bits per heavy atom. The van der Waals surface area contributed by atoms with Gasteiger partial charge in [0.2, 0.25) is 0 Å². The Labute approximate surface area is 160 Å². The van der Waals surface area contributed by atoms with Crippen LogP contribution in [0.4, 0.5) is 0 Å². The maximum absolute atomic E-state index is 11.4. The van der Waals surface area contributed by atoms with Crippen LogP contribution < -0.4 is 4.74 Å². The molecule has 4 nitrogen and oxygen atoms in total. The first-order chi connectivity index (χ1) is 12.8. The summed E-state index contributed by atoms with van der Waals surface area (Å²) in [6.07, 6.45) is 0.835. The highest BCUT2D eigenvalue weighted by atomic mass is 16.5. The smallest absolute Gasteiger partial charge is 0.335 e. The van der Waals surface area contributed by atoms with Crippen molar-refractivity contribution in [2.45, 2.75) is 57.8 Å². The van der Waals surface area contributed by atoms with Gasteiger partial charge in [0.15, 0.2) is 0 Å². The van der Waals surface area contributed by atoms with Crippen molar-refractivity contribution in [3.8, 4) is 5.75 Å². The van der Waals surface area contributed by atoms with Crippen LogP contribution in [0.2, 0.25) is 0 Å². The Bertz CT molecular complexity index is 886. The molecule has 27 heavy (non-hydrogen) atoms. The van der Waals surface area contributed by atoms with Gasteiger partial charge in [-0.25, -0.2) is 4.79 Å². The molecule has 2 aromatic rings. The zero-order chi connectivity index (χ0) is 19.3. The standard InChI is InChI=1S/C23H26O4/c1-13-7-5-6-8-16(13)17-12-19-21(26-14(17)2)18-11-15(22(24)25)9-10-20(18)27-23(19,3)4/h5-11,14,17,19,21H,12H2,1-4H3,(H,24,25)/t14-,17-,19-,21+/m0/s1. The van der Waals surface area contributed by atoms with Gasteiger partial charge in [0.1, 0.15) is 11.4 Å². The third-order valence-electron chi connectivity index (χ3n) is 6.22. The van der Waals surface area contributed by atoms with Gasteiger partial charge in [-0.05, 0) is 63.4 Å².